The molecule has 2 heterocycles. The molecule has 0 N–H and O–H groups in total. The van der Waals surface area contributed by atoms with E-state index in [0.29, 0.717) is 31.1 Å². The van der Waals surface area contributed by atoms with Crippen LogP contribution in [0.3, 0.4) is 0 Å². The van der Waals surface area contributed by atoms with Crippen molar-refractivity contribution in [1.82, 2.24) is 9.88 Å². The summed E-state index contributed by atoms with van der Waals surface area (Å²) in [6.07, 6.45) is 2.03. The van der Waals surface area contributed by atoms with Gasteiger partial charge >= 0.3 is 0 Å². The van der Waals surface area contributed by atoms with Gasteiger partial charge in [-0.3, -0.25) is 4.79 Å². The molecule has 0 saturated carbocycles. The van der Waals surface area contributed by atoms with Crippen molar-refractivity contribution in [2.24, 2.45) is 0 Å². The number of anilines is 1. The maximum Gasteiger partial charge on any atom is 0.226 e. The van der Waals surface area contributed by atoms with Gasteiger partial charge < -0.3 is 14.5 Å². The van der Waals surface area contributed by atoms with Gasteiger partial charge in [0.1, 0.15) is 11.6 Å². The predicted molar refractivity (Wildman–Crippen MR) is 102 cm³/mol. The van der Waals surface area contributed by atoms with E-state index >= 15 is 0 Å². The molecular formula is C18H19BrClN3O2. The number of ether oxygens (including phenoxy) is 1. The van der Waals surface area contributed by atoms with Crippen molar-refractivity contribution in [3.05, 3.63) is 52.1 Å². The van der Waals surface area contributed by atoms with Gasteiger partial charge in [0.25, 0.3) is 0 Å². The minimum atomic E-state index is 0.124. The standard InChI is InChI=1S/C18H19BrClN3O2/c19-14-2-1-3-16(12-14)25-11-6-18(24)23-9-7-22(8-10-23)17-5-4-15(20)13-21-17/h1-5,12-13H,6-11H2. The van der Waals surface area contributed by atoms with Gasteiger partial charge in [-0.2, -0.15) is 0 Å². The van der Waals surface area contributed by atoms with Crippen molar-refractivity contribution < 1.29 is 9.53 Å². The lowest BCUT2D eigenvalue weighted by Crippen LogP contribution is -2.49. The minimum Gasteiger partial charge on any atom is -0.493 e. The van der Waals surface area contributed by atoms with Crippen LogP contribution >= 0.6 is 27.5 Å². The van der Waals surface area contributed by atoms with Gasteiger partial charge in [-0.15, -0.1) is 0 Å². The maximum atomic E-state index is 12.3. The normalized spacial score (nSPS) is 14.5. The number of carbonyl (C=O) groups excluding carboxylic acids is 1. The molecule has 1 aliphatic rings. The van der Waals surface area contributed by atoms with E-state index in [4.69, 9.17) is 16.3 Å². The van der Waals surface area contributed by atoms with Crippen LogP contribution in [0.4, 0.5) is 5.82 Å². The number of piperazine rings is 1. The summed E-state index contributed by atoms with van der Waals surface area (Å²) in [6, 6.07) is 11.4. The molecule has 1 aliphatic heterocycles. The molecule has 1 aromatic carbocycles. The molecule has 0 aliphatic carbocycles. The first-order chi connectivity index (χ1) is 12.1. The second-order valence-electron chi connectivity index (χ2n) is 5.76. The van der Waals surface area contributed by atoms with Crippen LogP contribution in [0, 0.1) is 0 Å². The fraction of sp³-hybridized carbons (Fsp3) is 0.333. The highest BCUT2D eigenvalue weighted by Gasteiger charge is 2.21. The van der Waals surface area contributed by atoms with Gasteiger partial charge in [-0.05, 0) is 30.3 Å². The van der Waals surface area contributed by atoms with Crippen LogP contribution in [0.15, 0.2) is 47.1 Å². The number of hydrogen-bond donors (Lipinski definition) is 0. The van der Waals surface area contributed by atoms with Crippen LogP contribution in [0.25, 0.3) is 0 Å². The first-order valence-corrected chi connectivity index (χ1v) is 9.31. The van der Waals surface area contributed by atoms with Gasteiger partial charge in [0.15, 0.2) is 0 Å². The van der Waals surface area contributed by atoms with E-state index in [9.17, 15) is 4.79 Å². The third-order valence-electron chi connectivity index (χ3n) is 4.05. The average Bonchev–Trinajstić information content (AvgIpc) is 2.62. The maximum absolute atomic E-state index is 12.3. The van der Waals surface area contributed by atoms with Crippen molar-refractivity contribution in [1.29, 1.82) is 0 Å². The number of amides is 1. The summed E-state index contributed by atoms with van der Waals surface area (Å²) in [4.78, 5) is 20.7. The van der Waals surface area contributed by atoms with Gasteiger partial charge in [0.2, 0.25) is 5.91 Å². The number of hydrogen-bond acceptors (Lipinski definition) is 4. The Hall–Kier alpha value is -1.79. The van der Waals surface area contributed by atoms with Gasteiger partial charge in [0, 0.05) is 36.8 Å². The lowest BCUT2D eigenvalue weighted by Gasteiger charge is -2.35. The second-order valence-corrected chi connectivity index (χ2v) is 7.11. The first-order valence-electron chi connectivity index (χ1n) is 8.14. The topological polar surface area (TPSA) is 45.7 Å². The summed E-state index contributed by atoms with van der Waals surface area (Å²) < 4.78 is 6.60. The fourth-order valence-electron chi connectivity index (χ4n) is 2.71. The molecule has 132 valence electrons. The summed E-state index contributed by atoms with van der Waals surface area (Å²) in [5.74, 6) is 1.79. The molecule has 0 atom stereocenters. The highest BCUT2D eigenvalue weighted by atomic mass is 79.9. The molecule has 1 aromatic heterocycles. The van der Waals surface area contributed by atoms with Crippen molar-refractivity contribution in [2.45, 2.75) is 6.42 Å². The lowest BCUT2D eigenvalue weighted by atomic mass is 10.2. The summed E-state index contributed by atoms with van der Waals surface area (Å²) >= 11 is 9.27. The highest BCUT2D eigenvalue weighted by molar-refractivity contribution is 9.10. The quantitative estimate of drug-likeness (QED) is 0.735. The molecule has 0 unspecified atom stereocenters. The van der Waals surface area contributed by atoms with E-state index in [1.807, 2.05) is 41.3 Å². The van der Waals surface area contributed by atoms with E-state index in [1.165, 1.54) is 0 Å². The third kappa shape index (κ3) is 5.09. The van der Waals surface area contributed by atoms with Gasteiger partial charge in [-0.25, -0.2) is 4.98 Å². The summed E-state index contributed by atoms with van der Waals surface area (Å²) in [5, 5.41) is 0.628. The molecule has 2 aromatic rings. The van der Waals surface area contributed by atoms with Crippen LogP contribution < -0.4 is 9.64 Å². The Morgan fingerprint density at radius 2 is 2.00 bits per heavy atom. The van der Waals surface area contributed by atoms with E-state index in [0.717, 1.165) is 29.1 Å². The van der Waals surface area contributed by atoms with E-state index in [2.05, 4.69) is 25.8 Å². The first kappa shape index (κ1) is 18.0. The summed E-state index contributed by atoms with van der Waals surface area (Å²) in [7, 11) is 0. The Morgan fingerprint density at radius 3 is 2.68 bits per heavy atom. The molecule has 0 radical (unpaired) electrons. The van der Waals surface area contributed by atoms with Crippen molar-refractivity contribution in [3.63, 3.8) is 0 Å². The molecule has 7 heteroatoms. The SMILES string of the molecule is O=C(CCOc1cccc(Br)c1)N1CCN(c2ccc(Cl)cn2)CC1. The number of pyridine rings is 1. The largest absolute Gasteiger partial charge is 0.493 e. The van der Waals surface area contributed by atoms with E-state index in [-0.39, 0.29) is 5.91 Å². The number of carbonyl (C=O) groups is 1. The molecule has 1 saturated heterocycles. The molecule has 25 heavy (non-hydrogen) atoms. The average molecular weight is 425 g/mol. The lowest BCUT2D eigenvalue weighted by molar-refractivity contribution is -0.132. The molecule has 0 spiro atoms. The second kappa shape index (κ2) is 8.54. The summed E-state index contributed by atoms with van der Waals surface area (Å²) in [5.41, 5.74) is 0. The number of benzene rings is 1. The van der Waals surface area contributed by atoms with Crippen LogP contribution in [0.1, 0.15) is 6.42 Å². The number of nitrogens with zero attached hydrogens (tertiary/aromatic N) is 3. The van der Waals surface area contributed by atoms with Gasteiger partial charge in [0.05, 0.1) is 18.1 Å². The van der Waals surface area contributed by atoms with Crippen LogP contribution in [-0.2, 0) is 4.79 Å². The van der Waals surface area contributed by atoms with Crippen molar-refractivity contribution in [3.8, 4) is 5.75 Å². The number of aromatic nitrogens is 1. The fourth-order valence-corrected chi connectivity index (χ4v) is 3.20. The smallest absolute Gasteiger partial charge is 0.226 e. The van der Waals surface area contributed by atoms with Crippen LogP contribution in [0.5, 0.6) is 5.75 Å². The number of halogens is 2. The molecule has 1 fully saturated rings. The zero-order chi connectivity index (χ0) is 17.6. The zero-order valence-corrected chi connectivity index (χ0v) is 16.0. The monoisotopic (exact) mass is 423 g/mol. The molecule has 3 rings (SSSR count). The van der Waals surface area contributed by atoms with Crippen molar-refractivity contribution in [2.75, 3.05) is 37.7 Å². The Bertz CT molecular complexity index is 719. The molecule has 5 nitrogen and oxygen atoms in total. The highest BCUT2D eigenvalue weighted by Crippen LogP contribution is 2.18. The molecule has 1 amide bonds. The zero-order valence-electron chi connectivity index (χ0n) is 13.7. The van der Waals surface area contributed by atoms with E-state index < -0.39 is 0 Å². The van der Waals surface area contributed by atoms with Crippen molar-refractivity contribution >= 4 is 39.3 Å². The van der Waals surface area contributed by atoms with Gasteiger partial charge in [-0.1, -0.05) is 33.6 Å². The van der Waals surface area contributed by atoms with E-state index in [1.54, 1.807) is 6.20 Å². The predicted octanol–water partition coefficient (Wildman–Crippen LogP) is 3.62. The number of rotatable bonds is 5. The minimum absolute atomic E-state index is 0.124. The Balaban J connectivity index is 1.43. The van der Waals surface area contributed by atoms with Crippen LogP contribution in [0.2, 0.25) is 5.02 Å². The van der Waals surface area contributed by atoms with Crippen LogP contribution in [-0.4, -0.2) is 48.6 Å². The molecular weight excluding hydrogens is 406 g/mol. The molecule has 0 bridgehead atoms. The Labute approximate surface area is 160 Å². The Morgan fingerprint density at radius 1 is 1.20 bits per heavy atom. The third-order valence-corrected chi connectivity index (χ3v) is 4.77. The Kier molecular flexibility index (Phi) is 6.15. The summed E-state index contributed by atoms with van der Waals surface area (Å²) in [6.45, 7) is 3.31.